The predicted molar refractivity (Wildman–Crippen MR) is 131 cm³/mol. The summed E-state index contributed by atoms with van der Waals surface area (Å²) < 4.78 is 13.0. The van der Waals surface area contributed by atoms with Crippen molar-refractivity contribution in [1.82, 2.24) is 9.78 Å². The summed E-state index contributed by atoms with van der Waals surface area (Å²) in [5, 5.41) is 4.90. The lowest BCUT2D eigenvalue weighted by Crippen LogP contribution is -2.12. The number of aliphatic imine (C=N–C) groups is 1. The number of hydrogen-bond donors (Lipinski definition) is 0. The molecule has 0 saturated carbocycles. The highest BCUT2D eigenvalue weighted by atomic mass is 35.5. The number of unbranched alkanes of at least 4 members (excludes halogenated alkanes) is 1. The van der Waals surface area contributed by atoms with Gasteiger partial charge in [0.05, 0.1) is 10.7 Å². The first-order chi connectivity index (χ1) is 15.1. The third-order valence-electron chi connectivity index (χ3n) is 5.09. The monoisotopic (exact) mass is 459 g/mol. The second-order valence-electron chi connectivity index (χ2n) is 8.71. The van der Waals surface area contributed by atoms with Gasteiger partial charge < -0.3 is 9.47 Å². The third kappa shape index (κ3) is 6.45. The van der Waals surface area contributed by atoms with E-state index in [1.165, 1.54) is 5.56 Å². The lowest BCUT2D eigenvalue weighted by molar-refractivity contribution is -0.151. The number of halogens is 1. The van der Waals surface area contributed by atoms with Crippen LogP contribution in [0, 0.1) is 6.92 Å². The predicted octanol–water partition coefficient (Wildman–Crippen LogP) is 5.96. The van der Waals surface area contributed by atoms with Crippen LogP contribution >= 0.6 is 11.6 Å². The number of benzene rings is 1. The highest BCUT2D eigenvalue weighted by Crippen LogP contribution is 2.33. The second kappa shape index (κ2) is 11.3. The van der Waals surface area contributed by atoms with Gasteiger partial charge in [0.2, 0.25) is 6.79 Å². The van der Waals surface area contributed by atoms with Gasteiger partial charge in [-0.05, 0) is 29.9 Å². The Morgan fingerprint density at radius 3 is 2.38 bits per heavy atom. The Labute approximate surface area is 196 Å². The Morgan fingerprint density at radius 1 is 1.22 bits per heavy atom. The minimum Gasteiger partial charge on any atom is -0.454 e. The van der Waals surface area contributed by atoms with Gasteiger partial charge in [-0.15, -0.1) is 0 Å². The average Bonchev–Trinajstić information content (AvgIpc) is 2.99. The lowest BCUT2D eigenvalue weighted by atomic mass is 9.86. The van der Waals surface area contributed by atoms with E-state index in [1.807, 2.05) is 26.0 Å². The van der Waals surface area contributed by atoms with Crippen molar-refractivity contribution in [1.29, 1.82) is 0 Å². The number of aryl methyl sites for hydroxylation is 2. The number of hydrogen-bond acceptors (Lipinski definition) is 5. The Balaban J connectivity index is 2.53. The molecule has 0 atom stereocenters. The molecule has 0 N–H and O–H groups in total. The van der Waals surface area contributed by atoms with E-state index in [9.17, 15) is 4.79 Å². The zero-order chi connectivity index (χ0) is 23.9. The molecule has 0 saturated heterocycles. The molecule has 0 unspecified atom stereocenters. The van der Waals surface area contributed by atoms with Gasteiger partial charge in [0, 0.05) is 32.3 Å². The molecule has 0 radical (unpaired) electrons. The summed E-state index contributed by atoms with van der Waals surface area (Å²) in [5.41, 5.74) is 4.17. The van der Waals surface area contributed by atoms with Crippen molar-refractivity contribution in [2.75, 3.05) is 13.8 Å². The number of esters is 1. The standard InChI is InChI=1S/C25H34ClN3O3/c1-8-9-10-21(30)31-16-32-24(23-22(26)17(2)28-29(23)7)20(15-27-6)18-11-13-19(14-12-18)25(3,4)5/h11-15H,8-10,16H2,1-7H3/b24-20-,27-15?. The molecule has 6 nitrogen and oxygen atoms in total. The summed E-state index contributed by atoms with van der Waals surface area (Å²) in [6, 6.07) is 8.26. The molecule has 0 fully saturated rings. The molecule has 2 aromatic rings. The van der Waals surface area contributed by atoms with E-state index >= 15 is 0 Å². The molecule has 7 heteroatoms. The van der Waals surface area contributed by atoms with Crippen molar-refractivity contribution in [3.05, 3.63) is 51.8 Å². The van der Waals surface area contributed by atoms with Crippen molar-refractivity contribution in [3.63, 3.8) is 0 Å². The van der Waals surface area contributed by atoms with Crippen molar-refractivity contribution >= 4 is 35.1 Å². The van der Waals surface area contributed by atoms with Crippen LogP contribution in [0.1, 0.15) is 69.5 Å². The van der Waals surface area contributed by atoms with E-state index in [-0.39, 0.29) is 18.2 Å². The minimum atomic E-state index is -0.293. The molecule has 1 aromatic heterocycles. The topological polar surface area (TPSA) is 65.7 Å². The van der Waals surface area contributed by atoms with Crippen LogP contribution in [-0.2, 0) is 26.7 Å². The van der Waals surface area contributed by atoms with Crippen LogP contribution in [0.15, 0.2) is 29.3 Å². The summed E-state index contributed by atoms with van der Waals surface area (Å²) in [6.45, 7) is 10.2. The fourth-order valence-electron chi connectivity index (χ4n) is 3.24. The summed E-state index contributed by atoms with van der Waals surface area (Å²) in [5.74, 6) is 0.161. The third-order valence-corrected chi connectivity index (χ3v) is 5.54. The Hall–Kier alpha value is -2.60. The first kappa shape index (κ1) is 25.7. The number of ether oxygens (including phenoxy) is 2. The number of allylic oxidation sites excluding steroid dienone is 1. The van der Waals surface area contributed by atoms with Crippen molar-refractivity contribution in [2.24, 2.45) is 12.0 Å². The Bertz CT molecular complexity index is 983. The maximum Gasteiger partial charge on any atom is 0.308 e. The first-order valence-corrected chi connectivity index (χ1v) is 11.2. The van der Waals surface area contributed by atoms with Crippen molar-refractivity contribution < 1.29 is 14.3 Å². The van der Waals surface area contributed by atoms with Crippen LogP contribution in [0.4, 0.5) is 0 Å². The van der Waals surface area contributed by atoms with E-state index in [2.05, 4.69) is 43.0 Å². The van der Waals surface area contributed by atoms with Crippen LogP contribution in [-0.4, -0.2) is 35.8 Å². The summed E-state index contributed by atoms with van der Waals surface area (Å²) in [7, 11) is 3.50. The molecule has 0 bridgehead atoms. The average molecular weight is 460 g/mol. The zero-order valence-electron chi connectivity index (χ0n) is 20.2. The van der Waals surface area contributed by atoms with Gasteiger partial charge in [-0.1, -0.05) is 70.0 Å². The molecular formula is C25H34ClN3O3. The van der Waals surface area contributed by atoms with E-state index in [0.29, 0.717) is 28.6 Å². The quantitative estimate of drug-likeness (QED) is 0.201. The Morgan fingerprint density at radius 2 is 1.88 bits per heavy atom. The number of carbonyl (C=O) groups is 1. The molecule has 1 heterocycles. The van der Waals surface area contributed by atoms with Gasteiger partial charge in [0.25, 0.3) is 0 Å². The molecule has 0 spiro atoms. The molecule has 1 aromatic carbocycles. The first-order valence-electron chi connectivity index (χ1n) is 10.8. The largest absolute Gasteiger partial charge is 0.454 e. The normalized spacial score (nSPS) is 12.8. The smallest absolute Gasteiger partial charge is 0.308 e. The summed E-state index contributed by atoms with van der Waals surface area (Å²) >= 11 is 6.59. The maximum atomic E-state index is 12.0. The van der Waals surface area contributed by atoms with Gasteiger partial charge >= 0.3 is 5.97 Å². The molecule has 174 valence electrons. The zero-order valence-corrected chi connectivity index (χ0v) is 20.9. The Kier molecular flexibility index (Phi) is 9.08. The number of rotatable bonds is 9. The SMILES string of the molecule is CCCCC(=O)OCO/C(=C(/C=NC)c1ccc(C(C)(C)C)cc1)c1c(Cl)c(C)nn1C. The van der Waals surface area contributed by atoms with Crippen LogP contribution in [0.2, 0.25) is 5.02 Å². The second-order valence-corrected chi connectivity index (χ2v) is 9.09. The van der Waals surface area contributed by atoms with Crippen LogP contribution < -0.4 is 0 Å². The van der Waals surface area contributed by atoms with E-state index in [4.69, 9.17) is 21.1 Å². The molecule has 0 aliphatic carbocycles. The molecule has 32 heavy (non-hydrogen) atoms. The van der Waals surface area contributed by atoms with Crippen LogP contribution in [0.25, 0.3) is 11.3 Å². The van der Waals surface area contributed by atoms with E-state index in [0.717, 1.165) is 24.0 Å². The molecule has 0 amide bonds. The van der Waals surface area contributed by atoms with Gasteiger partial charge in [0.1, 0.15) is 5.69 Å². The van der Waals surface area contributed by atoms with Gasteiger partial charge in [-0.2, -0.15) is 5.10 Å². The molecular weight excluding hydrogens is 426 g/mol. The van der Waals surface area contributed by atoms with Crippen molar-refractivity contribution in [3.8, 4) is 0 Å². The fourth-order valence-corrected chi connectivity index (χ4v) is 3.49. The van der Waals surface area contributed by atoms with Crippen LogP contribution in [0.5, 0.6) is 0 Å². The molecule has 0 aliphatic heterocycles. The molecule has 0 aliphatic rings. The highest BCUT2D eigenvalue weighted by Gasteiger charge is 2.22. The minimum absolute atomic E-state index is 0.0374. The number of aromatic nitrogens is 2. The van der Waals surface area contributed by atoms with Crippen molar-refractivity contribution in [2.45, 2.75) is 59.3 Å². The lowest BCUT2D eigenvalue weighted by Gasteiger charge is -2.20. The highest BCUT2D eigenvalue weighted by molar-refractivity contribution is 6.33. The summed E-state index contributed by atoms with van der Waals surface area (Å²) in [4.78, 5) is 16.2. The van der Waals surface area contributed by atoms with Crippen LogP contribution in [0.3, 0.4) is 0 Å². The molecule has 2 rings (SSSR count). The summed E-state index contributed by atoms with van der Waals surface area (Å²) in [6.07, 6.45) is 3.79. The van der Waals surface area contributed by atoms with E-state index < -0.39 is 0 Å². The van der Waals surface area contributed by atoms with Gasteiger partial charge in [0.15, 0.2) is 5.76 Å². The number of carbonyl (C=O) groups excluding carboxylic acids is 1. The maximum absolute atomic E-state index is 12.0. The fraction of sp³-hybridized carbons (Fsp3) is 0.480. The van der Waals surface area contributed by atoms with Gasteiger partial charge in [-0.3, -0.25) is 14.5 Å². The van der Waals surface area contributed by atoms with Gasteiger partial charge in [-0.25, -0.2) is 0 Å². The van der Waals surface area contributed by atoms with E-state index in [1.54, 1.807) is 25.0 Å². The number of nitrogens with zero attached hydrogens (tertiary/aromatic N) is 3.